The quantitative estimate of drug-likeness (QED) is 0.0442. The van der Waals surface area contributed by atoms with Crippen molar-refractivity contribution in [2.75, 3.05) is 19.8 Å². The average molecular weight is 621 g/mol. The van der Waals surface area contributed by atoms with E-state index < -0.39 is 13.6 Å². The summed E-state index contributed by atoms with van der Waals surface area (Å²) in [5.74, 6) is -1.18. The predicted octanol–water partition coefficient (Wildman–Crippen LogP) is 9.32. The first-order valence-electron chi connectivity index (χ1n) is 16.8. The fraction of sp³-hybridized carbons (Fsp3) is 0.686. The summed E-state index contributed by atoms with van der Waals surface area (Å²) in [5, 5.41) is 0. The molecule has 2 atom stereocenters. The molecule has 0 amide bonds. The smallest absolute Gasteiger partial charge is 0.348 e. The Morgan fingerprint density at radius 3 is 1.74 bits per heavy atom. The van der Waals surface area contributed by atoms with Gasteiger partial charge in [-0.3, -0.25) is 9.05 Å². The number of ether oxygens (including phenoxy) is 2. The lowest BCUT2D eigenvalue weighted by molar-refractivity contribution is -0.697. The van der Waals surface area contributed by atoms with E-state index in [-0.39, 0.29) is 13.2 Å². The fourth-order valence-electron chi connectivity index (χ4n) is 4.95. The van der Waals surface area contributed by atoms with Crippen molar-refractivity contribution in [2.45, 2.75) is 136 Å². The maximum atomic E-state index is 12.5. The minimum Gasteiger partial charge on any atom is -0.348 e. The van der Waals surface area contributed by atoms with Gasteiger partial charge in [0.15, 0.2) is 24.7 Å². The number of aromatic nitrogens is 1. The van der Waals surface area contributed by atoms with Gasteiger partial charge in [0.2, 0.25) is 0 Å². The van der Waals surface area contributed by atoms with Gasteiger partial charge < -0.3 is 14.4 Å². The maximum Gasteiger partial charge on any atom is 0.472 e. The number of hydrogen-bond acceptors (Lipinski definition) is 5. The van der Waals surface area contributed by atoms with E-state index in [1.54, 1.807) is 6.92 Å². The Morgan fingerprint density at radius 2 is 1.19 bits per heavy atom. The number of nitrogens with zero attached hydrogens (tertiary/aromatic N) is 1. The highest BCUT2D eigenvalue weighted by Gasteiger charge is 2.32. The molecule has 2 aromatic rings. The van der Waals surface area contributed by atoms with Gasteiger partial charge in [-0.05, 0) is 18.9 Å². The molecule has 0 saturated heterocycles. The summed E-state index contributed by atoms with van der Waals surface area (Å²) in [5.41, 5.74) is 0.989. The molecule has 0 spiro atoms. The highest BCUT2D eigenvalue weighted by atomic mass is 31.2. The number of unbranched alkanes of at least 4 members (excludes halogenated alkanes) is 15. The molecule has 7 nitrogen and oxygen atoms in total. The summed E-state index contributed by atoms with van der Waals surface area (Å²) in [6, 6.07) is 15.5. The summed E-state index contributed by atoms with van der Waals surface area (Å²) in [6.07, 6.45) is 24.7. The summed E-state index contributed by atoms with van der Waals surface area (Å²) in [4.78, 5) is 10.3. The molecule has 244 valence electrons. The van der Waals surface area contributed by atoms with Gasteiger partial charge in [-0.2, -0.15) is 0 Å². The Balaban J connectivity index is 1.60. The molecule has 8 heteroatoms. The first kappa shape index (κ1) is 37.6. The van der Waals surface area contributed by atoms with E-state index in [9.17, 15) is 9.46 Å². The summed E-state index contributed by atoms with van der Waals surface area (Å²) in [6.45, 7) is 5.09. The molecule has 2 rings (SSSR count). The molecule has 1 heterocycles. The first-order chi connectivity index (χ1) is 20.9. The van der Waals surface area contributed by atoms with Crippen molar-refractivity contribution in [3.05, 3.63) is 66.5 Å². The van der Waals surface area contributed by atoms with E-state index in [1.165, 1.54) is 89.9 Å². The topological polar surface area (TPSA) is 78.1 Å². The number of phosphoric ester groups is 1. The zero-order chi connectivity index (χ0) is 30.9. The second-order valence-corrected chi connectivity index (χ2v) is 13.2. The number of pyridine rings is 1. The third-order valence-corrected chi connectivity index (χ3v) is 8.63. The molecular weight excluding hydrogens is 561 g/mol. The van der Waals surface area contributed by atoms with Crippen LogP contribution in [0.25, 0.3) is 0 Å². The Labute approximate surface area is 261 Å². The monoisotopic (exact) mass is 620 g/mol. The normalized spacial score (nSPS) is 14.4. The van der Waals surface area contributed by atoms with Crippen LogP contribution in [0.2, 0.25) is 0 Å². The minimum absolute atomic E-state index is 0.0457. The van der Waals surface area contributed by atoms with E-state index in [0.29, 0.717) is 19.8 Å². The van der Waals surface area contributed by atoms with Crippen molar-refractivity contribution >= 4 is 7.82 Å². The van der Waals surface area contributed by atoms with Crippen LogP contribution in [-0.2, 0) is 36.2 Å². The molecule has 1 aromatic heterocycles. The maximum absolute atomic E-state index is 12.5. The van der Waals surface area contributed by atoms with Crippen molar-refractivity contribution < 1.29 is 32.5 Å². The van der Waals surface area contributed by atoms with E-state index in [2.05, 4.69) is 6.92 Å². The zero-order valence-corrected chi connectivity index (χ0v) is 27.9. The summed E-state index contributed by atoms with van der Waals surface area (Å²) < 4.78 is 37.1. The Bertz CT molecular complexity index is 963. The van der Waals surface area contributed by atoms with Gasteiger partial charge in [0.05, 0.1) is 13.2 Å². The molecule has 1 unspecified atom stereocenters. The van der Waals surface area contributed by atoms with Crippen molar-refractivity contribution in [3.8, 4) is 0 Å². The third-order valence-electron chi connectivity index (χ3n) is 7.66. The van der Waals surface area contributed by atoms with Crippen molar-refractivity contribution in [2.24, 2.45) is 0 Å². The third kappa shape index (κ3) is 20.1. The molecule has 0 fully saturated rings. The van der Waals surface area contributed by atoms with Crippen LogP contribution in [0.3, 0.4) is 0 Å². The summed E-state index contributed by atoms with van der Waals surface area (Å²) in [7, 11) is -4.27. The highest BCUT2D eigenvalue weighted by Crippen LogP contribution is 2.44. The number of benzene rings is 1. The van der Waals surface area contributed by atoms with E-state index in [4.69, 9.17) is 18.5 Å². The number of rotatable bonds is 28. The molecule has 0 bridgehead atoms. The lowest BCUT2D eigenvalue weighted by atomic mass is 10.0. The van der Waals surface area contributed by atoms with Crippen LogP contribution < -0.4 is 4.57 Å². The van der Waals surface area contributed by atoms with Gasteiger partial charge in [-0.25, -0.2) is 9.13 Å². The Morgan fingerprint density at radius 1 is 0.674 bits per heavy atom. The largest absolute Gasteiger partial charge is 0.472 e. The van der Waals surface area contributed by atoms with Gasteiger partial charge in [0.1, 0.15) is 13.2 Å². The molecule has 0 aliphatic carbocycles. The molecule has 43 heavy (non-hydrogen) atoms. The van der Waals surface area contributed by atoms with Gasteiger partial charge in [-0.15, -0.1) is 0 Å². The molecular formula is C35H59NO6P+. The van der Waals surface area contributed by atoms with Gasteiger partial charge in [0, 0.05) is 12.1 Å². The molecule has 0 radical (unpaired) electrons. The molecule has 1 aromatic carbocycles. The molecule has 0 aliphatic rings. The van der Waals surface area contributed by atoms with E-state index in [0.717, 1.165) is 18.4 Å². The number of phosphoric acid groups is 1. The van der Waals surface area contributed by atoms with Gasteiger partial charge in [-0.1, -0.05) is 140 Å². The van der Waals surface area contributed by atoms with Gasteiger partial charge >= 0.3 is 7.82 Å². The Kier molecular flexibility index (Phi) is 20.7. The SMILES string of the molecule is CCCCCCCCCCCCCCCCCCO[C@@](C)(COP(=O)(O)OCC[n+]1ccccc1)OCc1ccccc1. The lowest BCUT2D eigenvalue weighted by Gasteiger charge is -2.30. The van der Waals surface area contributed by atoms with Crippen LogP contribution in [0.5, 0.6) is 0 Å². The molecule has 1 N–H and O–H groups in total. The van der Waals surface area contributed by atoms with Crippen molar-refractivity contribution in [1.82, 2.24) is 0 Å². The van der Waals surface area contributed by atoms with Crippen LogP contribution in [0.1, 0.15) is 122 Å². The van der Waals surface area contributed by atoms with Crippen LogP contribution in [0, 0.1) is 0 Å². The van der Waals surface area contributed by atoms with Crippen molar-refractivity contribution in [1.29, 1.82) is 0 Å². The van der Waals surface area contributed by atoms with Gasteiger partial charge in [0.25, 0.3) is 0 Å². The second kappa shape index (κ2) is 23.7. The zero-order valence-electron chi connectivity index (χ0n) is 27.0. The predicted molar refractivity (Wildman–Crippen MR) is 174 cm³/mol. The fourth-order valence-corrected chi connectivity index (χ4v) is 5.74. The van der Waals surface area contributed by atoms with Crippen molar-refractivity contribution in [3.63, 3.8) is 0 Å². The van der Waals surface area contributed by atoms with Crippen LogP contribution >= 0.6 is 7.82 Å². The molecule has 0 saturated carbocycles. The lowest BCUT2D eigenvalue weighted by Crippen LogP contribution is -2.38. The molecule has 0 aliphatic heterocycles. The standard InChI is InChI=1S/C35H58NO6P/c1-3-4-5-6-7-8-9-10-11-12-13-14-15-16-17-24-30-39-35(2,40-32-34-25-20-18-21-26-34)33-42-43(37,38)41-31-29-36-27-22-19-23-28-36/h18-23,25-28H,3-17,24,29-33H2,1-2H3/p+1/t35-/m1/s1. The Hall–Kier alpha value is -1.60. The average Bonchev–Trinajstić information content (AvgIpc) is 3.02. The van der Waals surface area contributed by atoms with E-state index in [1.807, 2.05) is 65.5 Å². The van der Waals surface area contributed by atoms with Crippen LogP contribution in [0.4, 0.5) is 0 Å². The van der Waals surface area contributed by atoms with E-state index >= 15 is 0 Å². The van der Waals surface area contributed by atoms with Crippen LogP contribution in [-0.4, -0.2) is 30.5 Å². The minimum atomic E-state index is -4.27. The highest BCUT2D eigenvalue weighted by molar-refractivity contribution is 7.47. The summed E-state index contributed by atoms with van der Waals surface area (Å²) >= 11 is 0. The second-order valence-electron chi connectivity index (χ2n) is 11.7. The van der Waals surface area contributed by atoms with Crippen LogP contribution in [0.15, 0.2) is 60.9 Å². The number of hydrogen-bond donors (Lipinski definition) is 1. The first-order valence-corrected chi connectivity index (χ1v) is 18.3.